The zero-order valence-electron chi connectivity index (χ0n) is 15.9. The van der Waals surface area contributed by atoms with E-state index in [-0.39, 0.29) is 6.04 Å². The first-order valence-corrected chi connectivity index (χ1v) is 8.78. The minimum atomic E-state index is -0.541. The number of ether oxygens (including phenoxy) is 1. The zero-order valence-corrected chi connectivity index (χ0v) is 15.9. The van der Waals surface area contributed by atoms with E-state index in [0.717, 1.165) is 28.1 Å². The number of aromatic nitrogens is 2. The fourth-order valence-electron chi connectivity index (χ4n) is 2.90. The van der Waals surface area contributed by atoms with Gasteiger partial charge in [-0.25, -0.2) is 9.78 Å². The van der Waals surface area contributed by atoms with Gasteiger partial charge < -0.3 is 10.1 Å². The van der Waals surface area contributed by atoms with Gasteiger partial charge in [0.05, 0.1) is 17.1 Å². The van der Waals surface area contributed by atoms with Crippen molar-refractivity contribution in [3.8, 4) is 5.69 Å². The van der Waals surface area contributed by atoms with Crippen molar-refractivity contribution in [2.45, 2.75) is 46.3 Å². The van der Waals surface area contributed by atoms with E-state index in [2.05, 4.69) is 28.1 Å². The first-order chi connectivity index (χ1) is 12.2. The zero-order chi connectivity index (χ0) is 18.9. The van der Waals surface area contributed by atoms with E-state index >= 15 is 0 Å². The summed E-state index contributed by atoms with van der Waals surface area (Å²) in [5.74, 6) is 0.766. The summed E-state index contributed by atoms with van der Waals surface area (Å²) in [5, 5.41) is 2.89. The van der Waals surface area contributed by atoms with Gasteiger partial charge in [0.1, 0.15) is 11.4 Å². The third-order valence-corrected chi connectivity index (χ3v) is 3.97. The van der Waals surface area contributed by atoms with Crippen LogP contribution in [-0.2, 0) is 4.74 Å². The van der Waals surface area contributed by atoms with Gasteiger partial charge in [0.25, 0.3) is 0 Å². The van der Waals surface area contributed by atoms with Gasteiger partial charge in [-0.3, -0.25) is 4.57 Å². The van der Waals surface area contributed by atoms with Crippen LogP contribution in [-0.4, -0.2) is 21.2 Å². The molecule has 2 aromatic carbocycles. The molecule has 0 radical (unpaired) electrons. The largest absolute Gasteiger partial charge is 0.444 e. The molecule has 136 valence electrons. The number of benzene rings is 2. The normalized spacial score (nSPS) is 12.8. The molecule has 0 saturated heterocycles. The van der Waals surface area contributed by atoms with Crippen LogP contribution in [0.4, 0.5) is 4.79 Å². The molecule has 3 rings (SSSR count). The molecular weight excluding hydrogens is 326 g/mol. The number of carbonyl (C=O) groups is 1. The number of rotatable bonds is 3. The van der Waals surface area contributed by atoms with Crippen LogP contribution in [0.1, 0.15) is 45.1 Å². The van der Waals surface area contributed by atoms with Gasteiger partial charge in [0, 0.05) is 5.69 Å². The molecule has 5 heteroatoms. The summed E-state index contributed by atoms with van der Waals surface area (Å²) in [4.78, 5) is 17.0. The lowest BCUT2D eigenvalue weighted by molar-refractivity contribution is 0.0505. The van der Waals surface area contributed by atoms with Gasteiger partial charge in [0.15, 0.2) is 0 Å². The number of hydrogen-bond donors (Lipinski definition) is 1. The van der Waals surface area contributed by atoms with Crippen LogP contribution in [0.15, 0.2) is 48.5 Å². The molecule has 0 aliphatic carbocycles. The van der Waals surface area contributed by atoms with Crippen LogP contribution >= 0.6 is 0 Å². The van der Waals surface area contributed by atoms with E-state index < -0.39 is 11.7 Å². The SMILES string of the molecule is Cc1ccc2c(c1)nc([C@H](C)NC(=O)OC(C)(C)C)n2-c1ccccc1. The highest BCUT2D eigenvalue weighted by atomic mass is 16.6. The van der Waals surface area contributed by atoms with Crippen LogP contribution in [0, 0.1) is 6.92 Å². The van der Waals surface area contributed by atoms with Crippen LogP contribution in [0.25, 0.3) is 16.7 Å². The van der Waals surface area contributed by atoms with Gasteiger partial charge in [-0.1, -0.05) is 24.3 Å². The number of fused-ring (bicyclic) bond motifs is 1. The standard InChI is InChI=1S/C21H25N3O2/c1-14-11-12-18-17(13-14)23-19(24(18)16-9-7-6-8-10-16)15(2)22-20(25)26-21(3,4)5/h6-13,15H,1-5H3,(H,22,25)/t15-/m0/s1. The molecule has 1 N–H and O–H groups in total. The lowest BCUT2D eigenvalue weighted by atomic mass is 10.2. The quantitative estimate of drug-likeness (QED) is 0.729. The molecule has 1 aromatic heterocycles. The Labute approximate surface area is 154 Å². The fourth-order valence-corrected chi connectivity index (χ4v) is 2.90. The van der Waals surface area contributed by atoms with E-state index in [1.807, 2.05) is 65.0 Å². The lowest BCUT2D eigenvalue weighted by Crippen LogP contribution is -2.34. The summed E-state index contributed by atoms with van der Waals surface area (Å²) >= 11 is 0. The Kier molecular flexibility index (Phi) is 4.72. The first kappa shape index (κ1) is 18.0. The van der Waals surface area contributed by atoms with E-state index in [1.165, 1.54) is 0 Å². The second-order valence-corrected chi connectivity index (χ2v) is 7.50. The monoisotopic (exact) mass is 351 g/mol. The van der Waals surface area contributed by atoms with Gasteiger partial charge in [-0.15, -0.1) is 0 Å². The average molecular weight is 351 g/mol. The van der Waals surface area contributed by atoms with Gasteiger partial charge in [0.2, 0.25) is 0 Å². The van der Waals surface area contributed by atoms with Crippen molar-refractivity contribution in [1.29, 1.82) is 0 Å². The van der Waals surface area contributed by atoms with Crippen molar-refractivity contribution in [3.05, 3.63) is 59.9 Å². The molecule has 1 heterocycles. The number of nitrogens with zero attached hydrogens (tertiary/aromatic N) is 2. The van der Waals surface area contributed by atoms with Crippen LogP contribution in [0.5, 0.6) is 0 Å². The predicted octanol–water partition coefficient (Wildman–Crippen LogP) is 4.92. The molecule has 1 amide bonds. The summed E-state index contributed by atoms with van der Waals surface area (Å²) < 4.78 is 7.46. The third-order valence-electron chi connectivity index (χ3n) is 3.97. The van der Waals surface area contributed by atoms with Gasteiger partial charge in [-0.2, -0.15) is 0 Å². The highest BCUT2D eigenvalue weighted by Gasteiger charge is 2.22. The van der Waals surface area contributed by atoms with Crippen LogP contribution < -0.4 is 5.32 Å². The number of hydrogen-bond acceptors (Lipinski definition) is 3. The molecule has 0 unspecified atom stereocenters. The molecule has 0 fully saturated rings. The lowest BCUT2D eigenvalue weighted by Gasteiger charge is -2.22. The van der Waals surface area contributed by atoms with E-state index in [4.69, 9.17) is 9.72 Å². The van der Waals surface area contributed by atoms with E-state index in [1.54, 1.807) is 0 Å². The second kappa shape index (κ2) is 6.83. The predicted molar refractivity (Wildman–Crippen MR) is 104 cm³/mol. The van der Waals surface area contributed by atoms with Crippen molar-refractivity contribution in [2.75, 3.05) is 0 Å². The Morgan fingerprint density at radius 2 is 1.85 bits per heavy atom. The maximum Gasteiger partial charge on any atom is 0.408 e. The molecule has 5 nitrogen and oxygen atoms in total. The van der Waals surface area contributed by atoms with Gasteiger partial charge in [-0.05, 0) is 64.4 Å². The van der Waals surface area contributed by atoms with Gasteiger partial charge >= 0.3 is 6.09 Å². The smallest absolute Gasteiger partial charge is 0.408 e. The summed E-state index contributed by atoms with van der Waals surface area (Å²) in [5.41, 5.74) is 3.53. The Morgan fingerprint density at radius 1 is 1.15 bits per heavy atom. The summed E-state index contributed by atoms with van der Waals surface area (Å²) in [6, 6.07) is 15.9. The Bertz CT molecular complexity index is 924. The molecule has 0 saturated carbocycles. The molecule has 0 spiro atoms. The summed E-state index contributed by atoms with van der Waals surface area (Å²) in [6.45, 7) is 9.50. The number of nitrogens with one attached hydrogen (secondary N) is 1. The van der Waals surface area contributed by atoms with E-state index in [0.29, 0.717) is 0 Å². The molecule has 0 aliphatic heterocycles. The maximum atomic E-state index is 12.2. The molecular formula is C21H25N3O2. The molecule has 3 aromatic rings. The van der Waals surface area contributed by atoms with Crippen molar-refractivity contribution >= 4 is 17.1 Å². The minimum absolute atomic E-state index is 0.308. The third kappa shape index (κ3) is 3.87. The van der Waals surface area contributed by atoms with E-state index in [9.17, 15) is 4.79 Å². The fraction of sp³-hybridized carbons (Fsp3) is 0.333. The molecule has 0 bridgehead atoms. The number of alkyl carbamates (subject to hydrolysis) is 1. The number of amides is 1. The maximum absolute atomic E-state index is 12.2. The van der Waals surface area contributed by atoms with Crippen molar-refractivity contribution in [2.24, 2.45) is 0 Å². The van der Waals surface area contributed by atoms with Crippen LogP contribution in [0.3, 0.4) is 0 Å². The molecule has 1 atom stereocenters. The Hall–Kier alpha value is -2.82. The summed E-state index contributed by atoms with van der Waals surface area (Å²) in [6.07, 6.45) is -0.451. The summed E-state index contributed by atoms with van der Waals surface area (Å²) in [7, 11) is 0. The topological polar surface area (TPSA) is 56.1 Å². The van der Waals surface area contributed by atoms with Crippen molar-refractivity contribution in [3.63, 3.8) is 0 Å². The Morgan fingerprint density at radius 3 is 2.50 bits per heavy atom. The number of aryl methyl sites for hydroxylation is 1. The second-order valence-electron chi connectivity index (χ2n) is 7.50. The minimum Gasteiger partial charge on any atom is -0.444 e. The molecule has 26 heavy (non-hydrogen) atoms. The average Bonchev–Trinajstić information content (AvgIpc) is 2.92. The first-order valence-electron chi connectivity index (χ1n) is 8.78. The highest BCUT2D eigenvalue weighted by molar-refractivity contribution is 5.79. The van der Waals surface area contributed by atoms with Crippen molar-refractivity contribution < 1.29 is 9.53 Å². The van der Waals surface area contributed by atoms with Crippen molar-refractivity contribution in [1.82, 2.24) is 14.9 Å². The highest BCUT2D eigenvalue weighted by Crippen LogP contribution is 2.26. The number of para-hydroxylation sites is 1. The number of carbonyl (C=O) groups excluding carboxylic acids is 1. The Balaban J connectivity index is 2.03. The number of imidazole rings is 1. The van der Waals surface area contributed by atoms with Crippen LogP contribution in [0.2, 0.25) is 0 Å². The molecule has 0 aliphatic rings.